The summed E-state index contributed by atoms with van der Waals surface area (Å²) >= 11 is 0. The first-order valence-electron chi connectivity index (χ1n) is 9.56. The van der Waals surface area contributed by atoms with Crippen molar-refractivity contribution in [2.45, 2.75) is 12.8 Å². The van der Waals surface area contributed by atoms with E-state index >= 15 is 0 Å². The molecule has 0 unspecified atom stereocenters. The SMILES string of the molecule is C=CC1=CCCC(CNNC(=O)/C=C/C=C/C(=O)N/N=C/c2cccc(C=C)c2)=C1. The van der Waals surface area contributed by atoms with Crippen LogP contribution < -0.4 is 16.3 Å². The molecule has 0 aliphatic heterocycles. The van der Waals surface area contributed by atoms with E-state index < -0.39 is 5.91 Å². The van der Waals surface area contributed by atoms with Crippen LogP contribution in [0.15, 0.2) is 96.2 Å². The standard InChI is InChI=1S/C24H26N4O2/c1-3-19-9-7-11-21(15-19)17-25-27-23(29)13-5-6-14-24(30)28-26-18-22-12-8-10-20(4-2)16-22/h3-7,9-11,13-17,26H,1-2,8,12,18H2,(H,27,29)(H,28,30)/b13-5+,14-6+,25-17+. The van der Waals surface area contributed by atoms with Gasteiger partial charge in [0.1, 0.15) is 0 Å². The van der Waals surface area contributed by atoms with E-state index in [-0.39, 0.29) is 5.91 Å². The number of hydrogen-bond donors (Lipinski definition) is 3. The van der Waals surface area contributed by atoms with Crippen molar-refractivity contribution >= 4 is 24.1 Å². The van der Waals surface area contributed by atoms with Crippen LogP contribution in [0.2, 0.25) is 0 Å². The average molecular weight is 402 g/mol. The van der Waals surface area contributed by atoms with Gasteiger partial charge in [-0.25, -0.2) is 10.9 Å². The lowest BCUT2D eigenvalue weighted by Gasteiger charge is -2.12. The summed E-state index contributed by atoms with van der Waals surface area (Å²) < 4.78 is 0. The maximum atomic E-state index is 11.8. The maximum Gasteiger partial charge on any atom is 0.264 e. The highest BCUT2D eigenvalue weighted by Gasteiger charge is 2.03. The summed E-state index contributed by atoms with van der Waals surface area (Å²) in [6.07, 6.45) is 16.8. The van der Waals surface area contributed by atoms with Gasteiger partial charge in [-0.2, -0.15) is 5.10 Å². The molecule has 0 saturated carbocycles. The molecular formula is C24H26N4O2. The number of carbonyl (C=O) groups is 2. The number of hydrazine groups is 1. The Balaban J connectivity index is 1.67. The van der Waals surface area contributed by atoms with Crippen molar-refractivity contribution < 1.29 is 9.59 Å². The van der Waals surface area contributed by atoms with Gasteiger partial charge in [-0.3, -0.25) is 15.0 Å². The fourth-order valence-corrected chi connectivity index (χ4v) is 2.62. The van der Waals surface area contributed by atoms with Crippen LogP contribution in [0.5, 0.6) is 0 Å². The van der Waals surface area contributed by atoms with E-state index in [4.69, 9.17) is 0 Å². The minimum atomic E-state index is -0.398. The minimum Gasteiger partial charge on any atom is -0.288 e. The third-order valence-corrected chi connectivity index (χ3v) is 4.12. The van der Waals surface area contributed by atoms with Crippen molar-refractivity contribution in [3.8, 4) is 0 Å². The van der Waals surface area contributed by atoms with Crippen molar-refractivity contribution in [1.29, 1.82) is 0 Å². The molecule has 1 aliphatic rings. The normalized spacial score (nSPS) is 13.9. The van der Waals surface area contributed by atoms with Gasteiger partial charge < -0.3 is 0 Å². The highest BCUT2D eigenvalue weighted by molar-refractivity contribution is 5.90. The van der Waals surface area contributed by atoms with E-state index in [1.54, 1.807) is 12.3 Å². The number of hydrogen-bond acceptors (Lipinski definition) is 4. The molecule has 0 aromatic heterocycles. The molecule has 6 heteroatoms. The van der Waals surface area contributed by atoms with Gasteiger partial charge in [0.05, 0.1) is 6.21 Å². The monoisotopic (exact) mass is 402 g/mol. The summed E-state index contributed by atoms with van der Waals surface area (Å²) in [7, 11) is 0. The first-order valence-corrected chi connectivity index (χ1v) is 9.56. The lowest BCUT2D eigenvalue weighted by molar-refractivity contribution is -0.117. The molecule has 6 nitrogen and oxygen atoms in total. The first-order chi connectivity index (χ1) is 14.6. The first kappa shape index (κ1) is 22.5. The van der Waals surface area contributed by atoms with E-state index in [0.29, 0.717) is 6.54 Å². The molecule has 2 amide bonds. The molecule has 30 heavy (non-hydrogen) atoms. The zero-order chi connectivity index (χ0) is 21.6. The molecule has 1 aromatic rings. The van der Waals surface area contributed by atoms with Crippen LogP contribution in [-0.4, -0.2) is 24.6 Å². The number of carbonyl (C=O) groups excluding carboxylic acids is 2. The number of benzene rings is 1. The van der Waals surface area contributed by atoms with Gasteiger partial charge >= 0.3 is 0 Å². The van der Waals surface area contributed by atoms with E-state index in [9.17, 15) is 9.59 Å². The Morgan fingerprint density at radius 2 is 1.83 bits per heavy atom. The summed E-state index contributed by atoms with van der Waals surface area (Å²) in [4.78, 5) is 23.5. The van der Waals surface area contributed by atoms with Crippen LogP contribution in [0.1, 0.15) is 24.0 Å². The molecule has 0 heterocycles. The van der Waals surface area contributed by atoms with Crippen molar-refractivity contribution in [2.24, 2.45) is 5.10 Å². The molecule has 1 aromatic carbocycles. The van der Waals surface area contributed by atoms with Crippen molar-refractivity contribution in [3.63, 3.8) is 0 Å². The summed E-state index contributed by atoms with van der Waals surface area (Å²) in [5.74, 6) is -0.708. The van der Waals surface area contributed by atoms with Crippen molar-refractivity contribution in [3.05, 3.63) is 102 Å². The highest BCUT2D eigenvalue weighted by Crippen LogP contribution is 2.16. The second-order valence-corrected chi connectivity index (χ2v) is 6.42. The average Bonchev–Trinajstić information content (AvgIpc) is 2.77. The molecule has 0 radical (unpaired) electrons. The predicted molar refractivity (Wildman–Crippen MR) is 122 cm³/mol. The zero-order valence-electron chi connectivity index (χ0n) is 16.8. The molecule has 0 saturated heterocycles. The van der Waals surface area contributed by atoms with Crippen LogP contribution in [0.3, 0.4) is 0 Å². The smallest absolute Gasteiger partial charge is 0.264 e. The van der Waals surface area contributed by atoms with Gasteiger partial charge in [0.2, 0.25) is 0 Å². The molecule has 0 bridgehead atoms. The predicted octanol–water partition coefficient (Wildman–Crippen LogP) is 3.35. The summed E-state index contributed by atoms with van der Waals surface area (Å²) in [5.41, 5.74) is 12.0. The van der Waals surface area contributed by atoms with Crippen LogP contribution in [0.4, 0.5) is 0 Å². The van der Waals surface area contributed by atoms with Gasteiger partial charge in [-0.05, 0) is 35.6 Å². The van der Waals surface area contributed by atoms with E-state index in [0.717, 1.165) is 29.5 Å². The highest BCUT2D eigenvalue weighted by atomic mass is 16.2. The quantitative estimate of drug-likeness (QED) is 0.243. The third-order valence-electron chi connectivity index (χ3n) is 4.12. The molecule has 3 N–H and O–H groups in total. The Morgan fingerprint density at radius 3 is 2.60 bits per heavy atom. The number of amides is 2. The molecule has 154 valence electrons. The Labute approximate surface area is 177 Å². The van der Waals surface area contributed by atoms with Gasteiger partial charge in [0, 0.05) is 18.7 Å². The van der Waals surface area contributed by atoms with Crippen LogP contribution in [-0.2, 0) is 9.59 Å². The van der Waals surface area contributed by atoms with E-state index in [1.807, 2.05) is 30.3 Å². The third kappa shape index (κ3) is 8.50. The number of nitrogens with zero attached hydrogens (tertiary/aromatic N) is 1. The Kier molecular flexibility index (Phi) is 9.49. The maximum absolute atomic E-state index is 11.8. The fraction of sp³-hybridized carbons (Fsp3) is 0.125. The lowest BCUT2D eigenvalue weighted by Crippen LogP contribution is -2.37. The Hall–Kier alpha value is -3.77. The van der Waals surface area contributed by atoms with Crippen LogP contribution in [0.25, 0.3) is 6.08 Å². The summed E-state index contributed by atoms with van der Waals surface area (Å²) in [6, 6.07) is 7.57. The fourth-order valence-electron chi connectivity index (χ4n) is 2.62. The number of rotatable bonds is 10. The largest absolute Gasteiger partial charge is 0.288 e. The Bertz CT molecular complexity index is 936. The second kappa shape index (κ2) is 12.6. The molecule has 0 spiro atoms. The molecular weight excluding hydrogens is 376 g/mol. The number of allylic oxidation sites excluding steroid dienone is 6. The van der Waals surface area contributed by atoms with Gasteiger partial charge in [-0.15, -0.1) is 0 Å². The van der Waals surface area contributed by atoms with E-state index in [1.165, 1.54) is 29.9 Å². The molecule has 1 aliphatic carbocycles. The molecule has 0 fully saturated rings. The van der Waals surface area contributed by atoms with Crippen molar-refractivity contribution in [1.82, 2.24) is 16.3 Å². The van der Waals surface area contributed by atoms with Crippen LogP contribution in [0, 0.1) is 0 Å². The van der Waals surface area contributed by atoms with Crippen LogP contribution >= 0.6 is 0 Å². The summed E-state index contributed by atoms with van der Waals surface area (Å²) in [5, 5.41) is 3.89. The molecule has 2 rings (SSSR count). The lowest BCUT2D eigenvalue weighted by atomic mass is 10.00. The topological polar surface area (TPSA) is 82.6 Å². The number of hydrazone groups is 1. The van der Waals surface area contributed by atoms with E-state index in [2.05, 4.69) is 46.7 Å². The van der Waals surface area contributed by atoms with Gasteiger partial charge in [0.15, 0.2) is 0 Å². The molecule has 0 atom stereocenters. The summed E-state index contributed by atoms with van der Waals surface area (Å²) in [6.45, 7) is 8.03. The number of nitrogens with one attached hydrogen (secondary N) is 3. The minimum absolute atomic E-state index is 0.309. The van der Waals surface area contributed by atoms with Crippen molar-refractivity contribution in [2.75, 3.05) is 6.54 Å². The van der Waals surface area contributed by atoms with Gasteiger partial charge in [0.25, 0.3) is 11.8 Å². The second-order valence-electron chi connectivity index (χ2n) is 6.42. The Morgan fingerprint density at radius 1 is 1.07 bits per heavy atom. The zero-order valence-corrected chi connectivity index (χ0v) is 16.8. The van der Waals surface area contributed by atoms with Gasteiger partial charge in [-0.1, -0.05) is 73.4 Å².